The maximum Gasteiger partial charge on any atom is 0.271 e. The number of carbonyl (C=O) groups excluding carboxylic acids is 1. The normalized spacial score (nSPS) is 19.6. The predicted octanol–water partition coefficient (Wildman–Crippen LogP) is 1.53. The van der Waals surface area contributed by atoms with Gasteiger partial charge in [-0.3, -0.25) is 4.79 Å². The van der Waals surface area contributed by atoms with Crippen LogP contribution in [0.2, 0.25) is 10.2 Å². The quantitative estimate of drug-likeness (QED) is 0.858. The lowest BCUT2D eigenvalue weighted by atomic mass is 10.3. The molecule has 1 amide bonds. The van der Waals surface area contributed by atoms with E-state index in [-0.39, 0.29) is 27.9 Å². The fourth-order valence-electron chi connectivity index (χ4n) is 1.52. The van der Waals surface area contributed by atoms with Gasteiger partial charge in [0, 0.05) is 6.54 Å². The van der Waals surface area contributed by atoms with Crippen molar-refractivity contribution in [3.8, 4) is 0 Å². The minimum Gasteiger partial charge on any atom is -0.376 e. The van der Waals surface area contributed by atoms with Gasteiger partial charge in [-0.15, -0.1) is 0 Å². The molecule has 1 saturated heterocycles. The van der Waals surface area contributed by atoms with E-state index < -0.39 is 0 Å². The van der Waals surface area contributed by atoms with Crippen LogP contribution in [0.15, 0.2) is 12.1 Å². The maximum absolute atomic E-state index is 11.8. The van der Waals surface area contributed by atoms with Crippen LogP contribution in [0.5, 0.6) is 0 Å². The molecule has 1 unspecified atom stereocenters. The van der Waals surface area contributed by atoms with E-state index in [2.05, 4.69) is 10.3 Å². The zero-order valence-corrected chi connectivity index (χ0v) is 11.0. The molecule has 1 fully saturated rings. The Hall–Kier alpha value is -0.880. The van der Waals surface area contributed by atoms with E-state index >= 15 is 0 Å². The Balaban J connectivity index is 1.92. The van der Waals surface area contributed by atoms with Gasteiger partial charge >= 0.3 is 0 Å². The monoisotopic (exact) mass is 290 g/mol. The molecule has 0 aromatic carbocycles. The molecule has 0 bridgehead atoms. The molecule has 98 valence electrons. The Morgan fingerprint density at radius 3 is 3.00 bits per heavy atom. The predicted molar refractivity (Wildman–Crippen MR) is 67.1 cm³/mol. The van der Waals surface area contributed by atoms with Gasteiger partial charge in [0.05, 0.1) is 30.9 Å². The Labute approximate surface area is 114 Å². The lowest BCUT2D eigenvalue weighted by Crippen LogP contribution is -2.40. The smallest absolute Gasteiger partial charge is 0.271 e. The summed E-state index contributed by atoms with van der Waals surface area (Å²) in [6, 6.07) is 3.06. The summed E-state index contributed by atoms with van der Waals surface area (Å²) in [5, 5.41) is 3.17. The molecule has 0 saturated carbocycles. The first kappa shape index (κ1) is 13.5. The van der Waals surface area contributed by atoms with Gasteiger partial charge in [-0.1, -0.05) is 23.2 Å². The van der Waals surface area contributed by atoms with Crippen molar-refractivity contribution in [1.29, 1.82) is 0 Å². The van der Waals surface area contributed by atoms with Crippen molar-refractivity contribution in [3.05, 3.63) is 28.0 Å². The molecule has 1 aromatic heterocycles. The second-order valence-corrected chi connectivity index (χ2v) is 4.54. The lowest BCUT2D eigenvalue weighted by molar-refractivity contribution is -0.0855. The minimum atomic E-state index is -0.378. The molecule has 2 heterocycles. The molecule has 7 heteroatoms. The Bertz CT molecular complexity index is 436. The molecule has 1 aromatic rings. The molecular weight excluding hydrogens is 279 g/mol. The fourth-order valence-corrected chi connectivity index (χ4v) is 1.86. The van der Waals surface area contributed by atoms with Crippen LogP contribution in [0.1, 0.15) is 10.5 Å². The van der Waals surface area contributed by atoms with E-state index in [1.165, 1.54) is 12.1 Å². The Morgan fingerprint density at radius 2 is 2.28 bits per heavy atom. The van der Waals surface area contributed by atoms with Gasteiger partial charge in [0.15, 0.2) is 0 Å². The Kier molecular flexibility index (Phi) is 4.77. The number of hydrogen-bond acceptors (Lipinski definition) is 4. The number of carbonyl (C=O) groups is 1. The van der Waals surface area contributed by atoms with Crippen LogP contribution < -0.4 is 5.32 Å². The van der Waals surface area contributed by atoms with Gasteiger partial charge in [0.1, 0.15) is 10.8 Å². The number of nitrogens with one attached hydrogen (secondary N) is 1. The molecule has 0 aliphatic carbocycles. The number of aromatic nitrogens is 1. The van der Waals surface area contributed by atoms with E-state index in [0.29, 0.717) is 26.4 Å². The number of ether oxygens (including phenoxy) is 2. The van der Waals surface area contributed by atoms with Gasteiger partial charge in [0.25, 0.3) is 5.91 Å². The SMILES string of the molecule is O=C(NCC1COCCO1)c1nc(Cl)ccc1Cl. The number of rotatable bonds is 3. The third kappa shape index (κ3) is 3.55. The zero-order valence-electron chi connectivity index (χ0n) is 9.49. The van der Waals surface area contributed by atoms with E-state index in [9.17, 15) is 4.79 Å². The minimum absolute atomic E-state index is 0.112. The largest absolute Gasteiger partial charge is 0.376 e. The summed E-state index contributed by atoms with van der Waals surface area (Å²) >= 11 is 11.6. The van der Waals surface area contributed by atoms with Crippen molar-refractivity contribution in [2.24, 2.45) is 0 Å². The summed E-state index contributed by atoms with van der Waals surface area (Å²) in [4.78, 5) is 15.7. The first-order valence-corrected chi connectivity index (χ1v) is 6.22. The van der Waals surface area contributed by atoms with Crippen molar-refractivity contribution >= 4 is 29.1 Å². The highest BCUT2D eigenvalue weighted by atomic mass is 35.5. The number of nitrogens with zero attached hydrogens (tertiary/aromatic N) is 1. The average molecular weight is 291 g/mol. The van der Waals surface area contributed by atoms with E-state index in [0.717, 1.165) is 0 Å². The summed E-state index contributed by atoms with van der Waals surface area (Å²) in [7, 11) is 0. The van der Waals surface area contributed by atoms with Crippen molar-refractivity contribution in [2.75, 3.05) is 26.4 Å². The van der Waals surface area contributed by atoms with Crippen LogP contribution in [0, 0.1) is 0 Å². The van der Waals surface area contributed by atoms with Gasteiger partial charge in [0.2, 0.25) is 0 Å². The van der Waals surface area contributed by atoms with Crippen molar-refractivity contribution in [2.45, 2.75) is 6.10 Å². The van der Waals surface area contributed by atoms with Crippen molar-refractivity contribution < 1.29 is 14.3 Å². The highest BCUT2D eigenvalue weighted by molar-refractivity contribution is 6.34. The molecule has 0 radical (unpaired) electrons. The van der Waals surface area contributed by atoms with Crippen LogP contribution in [0.3, 0.4) is 0 Å². The number of amides is 1. The zero-order chi connectivity index (χ0) is 13.0. The fraction of sp³-hybridized carbons (Fsp3) is 0.455. The lowest BCUT2D eigenvalue weighted by Gasteiger charge is -2.23. The van der Waals surface area contributed by atoms with Crippen LogP contribution in [0.25, 0.3) is 0 Å². The molecule has 5 nitrogen and oxygen atoms in total. The third-order valence-corrected chi connectivity index (χ3v) is 2.92. The van der Waals surface area contributed by atoms with Gasteiger partial charge < -0.3 is 14.8 Å². The topological polar surface area (TPSA) is 60.5 Å². The summed E-state index contributed by atoms with van der Waals surface area (Å²) in [6.07, 6.45) is -0.138. The first-order valence-electron chi connectivity index (χ1n) is 5.46. The van der Waals surface area contributed by atoms with Crippen LogP contribution in [0.4, 0.5) is 0 Å². The average Bonchev–Trinajstić information content (AvgIpc) is 2.40. The van der Waals surface area contributed by atoms with Crippen LogP contribution in [-0.4, -0.2) is 43.4 Å². The summed E-state index contributed by atoms with van der Waals surface area (Å²) in [5.74, 6) is -0.378. The van der Waals surface area contributed by atoms with Crippen molar-refractivity contribution in [1.82, 2.24) is 10.3 Å². The Morgan fingerprint density at radius 1 is 1.44 bits per heavy atom. The maximum atomic E-state index is 11.8. The summed E-state index contributed by atoms with van der Waals surface area (Å²) in [5.41, 5.74) is 0.112. The standard InChI is InChI=1S/C11H12Cl2N2O3/c12-8-1-2-9(13)15-10(8)11(16)14-5-7-6-17-3-4-18-7/h1-2,7H,3-6H2,(H,14,16). The molecule has 1 aliphatic heterocycles. The molecule has 2 rings (SSSR count). The van der Waals surface area contributed by atoms with Crippen LogP contribution >= 0.6 is 23.2 Å². The molecule has 1 aliphatic rings. The number of pyridine rings is 1. The second kappa shape index (κ2) is 6.33. The first-order chi connectivity index (χ1) is 8.66. The van der Waals surface area contributed by atoms with Gasteiger partial charge in [-0.25, -0.2) is 4.98 Å². The van der Waals surface area contributed by atoms with Crippen molar-refractivity contribution in [3.63, 3.8) is 0 Å². The number of hydrogen-bond donors (Lipinski definition) is 1. The van der Waals surface area contributed by atoms with E-state index in [1.54, 1.807) is 0 Å². The molecule has 0 spiro atoms. The molecule has 1 atom stereocenters. The van der Waals surface area contributed by atoms with Gasteiger partial charge in [-0.2, -0.15) is 0 Å². The summed E-state index contributed by atoms with van der Waals surface area (Å²) < 4.78 is 10.6. The molecular formula is C11H12Cl2N2O3. The highest BCUT2D eigenvalue weighted by Crippen LogP contribution is 2.16. The van der Waals surface area contributed by atoms with Gasteiger partial charge in [-0.05, 0) is 12.1 Å². The highest BCUT2D eigenvalue weighted by Gasteiger charge is 2.18. The number of halogens is 2. The summed E-state index contributed by atoms with van der Waals surface area (Å²) in [6.45, 7) is 1.95. The van der Waals surface area contributed by atoms with E-state index in [4.69, 9.17) is 32.7 Å². The van der Waals surface area contributed by atoms with E-state index in [1.807, 2.05) is 0 Å². The molecule has 18 heavy (non-hydrogen) atoms. The van der Waals surface area contributed by atoms with Crippen LogP contribution in [-0.2, 0) is 9.47 Å². The third-order valence-electron chi connectivity index (χ3n) is 2.40. The molecule has 1 N–H and O–H groups in total. The second-order valence-electron chi connectivity index (χ2n) is 3.74.